The molecule has 1 heterocycles. The van der Waals surface area contributed by atoms with E-state index >= 15 is 0 Å². The number of aliphatic imine (C=N–C) groups is 1. The van der Waals surface area contributed by atoms with Crippen LogP contribution in [0.5, 0.6) is 0 Å². The fraction of sp³-hybridized carbons (Fsp3) is 0.375. The van der Waals surface area contributed by atoms with Gasteiger partial charge in [0, 0.05) is 6.20 Å². The Bertz CT molecular complexity index is 243. The van der Waals surface area contributed by atoms with Crippen molar-refractivity contribution >= 4 is 6.34 Å². The summed E-state index contributed by atoms with van der Waals surface area (Å²) >= 11 is 0. The van der Waals surface area contributed by atoms with Crippen LogP contribution in [0.4, 0.5) is 0 Å². The van der Waals surface area contributed by atoms with Crippen molar-refractivity contribution < 1.29 is 0 Å². The number of nitriles is 1. The summed E-state index contributed by atoms with van der Waals surface area (Å²) in [7, 11) is 0. The maximum Gasteiger partial charge on any atom is 0.131 e. The van der Waals surface area contributed by atoms with Crippen molar-refractivity contribution in [3.05, 3.63) is 18.3 Å². The van der Waals surface area contributed by atoms with Crippen molar-refractivity contribution in [3.63, 3.8) is 0 Å². The smallest absolute Gasteiger partial charge is 0.131 e. The van der Waals surface area contributed by atoms with Gasteiger partial charge in [-0.15, -0.1) is 0 Å². The highest BCUT2D eigenvalue weighted by Gasteiger charge is 2.50. The van der Waals surface area contributed by atoms with Gasteiger partial charge in [-0.3, -0.25) is 4.99 Å². The SMILES string of the molecule is N#CC1([C]2C=CNC=N2)CC1. The Labute approximate surface area is 65.4 Å². The molecule has 2 rings (SSSR count). The number of nitrogens with one attached hydrogen (secondary N) is 1. The van der Waals surface area contributed by atoms with E-state index in [2.05, 4.69) is 16.4 Å². The third-order valence-electron chi connectivity index (χ3n) is 2.07. The van der Waals surface area contributed by atoms with Gasteiger partial charge in [-0.05, 0) is 18.9 Å². The van der Waals surface area contributed by atoms with Crippen LogP contribution in [-0.4, -0.2) is 6.34 Å². The lowest BCUT2D eigenvalue weighted by atomic mass is 9.98. The highest BCUT2D eigenvalue weighted by atomic mass is 15.0. The zero-order valence-electron chi connectivity index (χ0n) is 6.04. The van der Waals surface area contributed by atoms with E-state index in [1.165, 1.54) is 0 Å². The van der Waals surface area contributed by atoms with Gasteiger partial charge in [0.15, 0.2) is 0 Å². The number of hydrogen-bond donors (Lipinski definition) is 1. The predicted octanol–water partition coefficient (Wildman–Crippen LogP) is 0.967. The summed E-state index contributed by atoms with van der Waals surface area (Å²) in [6.45, 7) is 0. The third kappa shape index (κ3) is 0.911. The number of nitrogens with zero attached hydrogens (tertiary/aromatic N) is 2. The highest BCUT2D eigenvalue weighted by molar-refractivity contribution is 5.61. The van der Waals surface area contributed by atoms with Gasteiger partial charge in [-0.1, -0.05) is 0 Å². The Balaban J connectivity index is 2.16. The van der Waals surface area contributed by atoms with Crippen molar-refractivity contribution in [2.45, 2.75) is 12.8 Å². The molecule has 0 spiro atoms. The van der Waals surface area contributed by atoms with Crippen molar-refractivity contribution in [3.8, 4) is 6.07 Å². The minimum atomic E-state index is -0.241. The van der Waals surface area contributed by atoms with Gasteiger partial charge in [-0.2, -0.15) is 5.26 Å². The van der Waals surface area contributed by atoms with Crippen LogP contribution < -0.4 is 5.32 Å². The second kappa shape index (κ2) is 2.09. The molecule has 2 aliphatic rings. The minimum Gasteiger partial charge on any atom is -0.353 e. The maximum atomic E-state index is 8.81. The average Bonchev–Trinajstić information content (AvgIpc) is 2.86. The van der Waals surface area contributed by atoms with Crippen molar-refractivity contribution in [2.75, 3.05) is 0 Å². The van der Waals surface area contributed by atoms with Crippen molar-refractivity contribution in [2.24, 2.45) is 10.4 Å². The van der Waals surface area contributed by atoms with E-state index in [9.17, 15) is 0 Å². The molecule has 3 nitrogen and oxygen atoms in total. The Kier molecular flexibility index (Phi) is 1.22. The summed E-state index contributed by atoms with van der Waals surface area (Å²) < 4.78 is 0. The van der Waals surface area contributed by atoms with E-state index in [4.69, 9.17) is 5.26 Å². The monoisotopic (exact) mass is 146 g/mol. The van der Waals surface area contributed by atoms with Crippen LogP contribution in [0.1, 0.15) is 12.8 Å². The van der Waals surface area contributed by atoms with Gasteiger partial charge < -0.3 is 5.32 Å². The summed E-state index contributed by atoms with van der Waals surface area (Å²) in [5, 5.41) is 11.6. The van der Waals surface area contributed by atoms with Crippen LogP contribution in [0.15, 0.2) is 17.3 Å². The van der Waals surface area contributed by atoms with Crippen molar-refractivity contribution in [1.82, 2.24) is 5.32 Å². The molecule has 0 aromatic heterocycles. The van der Waals surface area contributed by atoms with Gasteiger partial charge in [0.1, 0.15) is 6.04 Å². The van der Waals surface area contributed by atoms with Crippen LogP contribution >= 0.6 is 0 Å². The molecule has 11 heavy (non-hydrogen) atoms. The molecule has 1 saturated carbocycles. The molecule has 0 unspecified atom stereocenters. The molecule has 0 bridgehead atoms. The van der Waals surface area contributed by atoms with E-state index < -0.39 is 0 Å². The van der Waals surface area contributed by atoms with Gasteiger partial charge in [0.2, 0.25) is 0 Å². The first-order valence-electron chi connectivity index (χ1n) is 3.61. The van der Waals surface area contributed by atoms with Gasteiger partial charge in [0.05, 0.1) is 17.8 Å². The van der Waals surface area contributed by atoms with Crippen LogP contribution in [0.25, 0.3) is 0 Å². The molecule has 55 valence electrons. The third-order valence-corrected chi connectivity index (χ3v) is 2.07. The summed E-state index contributed by atoms with van der Waals surface area (Å²) in [5.74, 6) is 0. The first-order chi connectivity index (χ1) is 5.37. The average molecular weight is 146 g/mol. The fourth-order valence-corrected chi connectivity index (χ4v) is 1.15. The molecule has 1 aliphatic carbocycles. The predicted molar refractivity (Wildman–Crippen MR) is 41.3 cm³/mol. The lowest BCUT2D eigenvalue weighted by molar-refractivity contribution is 0.702. The molecule has 1 radical (unpaired) electrons. The Morgan fingerprint density at radius 1 is 1.64 bits per heavy atom. The first-order valence-corrected chi connectivity index (χ1v) is 3.61. The first kappa shape index (κ1) is 6.41. The highest BCUT2D eigenvalue weighted by Crippen LogP contribution is 2.53. The zero-order chi connectivity index (χ0) is 7.73. The largest absolute Gasteiger partial charge is 0.353 e. The van der Waals surface area contributed by atoms with E-state index in [-0.39, 0.29) is 5.41 Å². The van der Waals surface area contributed by atoms with Gasteiger partial charge in [-0.25, -0.2) is 0 Å². The van der Waals surface area contributed by atoms with Crippen LogP contribution in [-0.2, 0) is 0 Å². The molecule has 0 amide bonds. The topological polar surface area (TPSA) is 48.2 Å². The molecule has 0 saturated heterocycles. The van der Waals surface area contributed by atoms with Crippen LogP contribution in [0.3, 0.4) is 0 Å². The quantitative estimate of drug-likeness (QED) is 0.599. The van der Waals surface area contributed by atoms with E-state index in [1.54, 1.807) is 12.5 Å². The van der Waals surface area contributed by atoms with Gasteiger partial charge in [0.25, 0.3) is 0 Å². The van der Waals surface area contributed by atoms with Crippen LogP contribution in [0.2, 0.25) is 0 Å². The Morgan fingerprint density at radius 2 is 2.45 bits per heavy atom. The lowest BCUT2D eigenvalue weighted by Gasteiger charge is -2.13. The molecular formula is C8H8N3. The fourth-order valence-electron chi connectivity index (χ4n) is 1.15. The maximum absolute atomic E-state index is 8.81. The Hall–Kier alpha value is -1.30. The molecule has 1 N–H and O–H groups in total. The van der Waals surface area contributed by atoms with E-state index in [0.29, 0.717) is 0 Å². The molecule has 3 heteroatoms. The Morgan fingerprint density at radius 3 is 2.91 bits per heavy atom. The molecule has 1 fully saturated rings. The van der Waals surface area contributed by atoms with Crippen molar-refractivity contribution in [1.29, 1.82) is 5.26 Å². The van der Waals surface area contributed by atoms with E-state index in [0.717, 1.165) is 18.9 Å². The molecule has 0 aromatic carbocycles. The van der Waals surface area contributed by atoms with E-state index in [1.807, 2.05) is 6.08 Å². The zero-order valence-corrected chi connectivity index (χ0v) is 6.04. The number of hydrogen-bond acceptors (Lipinski definition) is 3. The summed E-state index contributed by atoms with van der Waals surface area (Å²) in [6, 6.07) is 3.19. The van der Waals surface area contributed by atoms with Gasteiger partial charge >= 0.3 is 0 Å². The second-order valence-electron chi connectivity index (χ2n) is 2.84. The summed E-state index contributed by atoms with van der Waals surface area (Å²) in [4.78, 5) is 4.11. The summed E-state index contributed by atoms with van der Waals surface area (Å²) in [5.41, 5.74) is -0.241. The minimum absolute atomic E-state index is 0.241. The normalized spacial score (nSPS) is 25.7. The number of rotatable bonds is 1. The molecule has 0 atom stereocenters. The summed E-state index contributed by atoms with van der Waals surface area (Å²) in [6.07, 6.45) is 7.21. The molecule has 1 aliphatic heterocycles. The molecular weight excluding hydrogens is 138 g/mol. The molecule has 0 aromatic rings. The standard InChI is InChI=1S/C8H8N3/c9-5-8(2-3-8)7-1-4-10-6-11-7/h1,4,6H,2-3H2,(H,10,11). The lowest BCUT2D eigenvalue weighted by Crippen LogP contribution is -2.15. The van der Waals surface area contributed by atoms with Crippen LogP contribution in [0, 0.1) is 22.8 Å². The second-order valence-corrected chi connectivity index (χ2v) is 2.84.